The number of amides is 1. The Balaban J connectivity index is 1.46. The Labute approximate surface area is 142 Å². The summed E-state index contributed by atoms with van der Waals surface area (Å²) < 4.78 is 6.68. The molecule has 0 spiro atoms. The Hall–Kier alpha value is -3.11. The Morgan fingerprint density at radius 3 is 3.04 bits per heavy atom. The van der Waals surface area contributed by atoms with Gasteiger partial charge in [0.05, 0.1) is 6.54 Å². The van der Waals surface area contributed by atoms with Crippen LogP contribution in [0.2, 0.25) is 0 Å². The van der Waals surface area contributed by atoms with Gasteiger partial charge in [-0.15, -0.1) is 5.10 Å². The highest BCUT2D eigenvalue weighted by molar-refractivity contribution is 5.92. The van der Waals surface area contributed by atoms with Crippen LogP contribution in [-0.2, 0) is 6.54 Å². The topological polar surface area (TPSA) is 132 Å². The van der Waals surface area contributed by atoms with Gasteiger partial charge in [0.15, 0.2) is 11.6 Å². The summed E-state index contributed by atoms with van der Waals surface area (Å²) in [6.07, 6.45) is 4.78. The van der Waals surface area contributed by atoms with Gasteiger partial charge in [-0.2, -0.15) is 14.8 Å². The normalized spacial score (nSPS) is 14.4. The number of hydrogen-bond donors (Lipinski definition) is 1. The van der Waals surface area contributed by atoms with Gasteiger partial charge >= 0.3 is 0 Å². The molecule has 0 radical (unpaired) electrons. The third kappa shape index (κ3) is 2.99. The van der Waals surface area contributed by atoms with Crippen LogP contribution in [0.25, 0.3) is 5.82 Å². The molecule has 1 fully saturated rings. The number of tetrazole rings is 1. The number of carbonyl (C=O) groups excluding carboxylic acids is 1. The SMILES string of the molecule is CCN(Cc1noc(C2CCC2)n1)C(=O)c1cc(-n2cnnn2)n[nH]1. The van der Waals surface area contributed by atoms with Crippen LogP contribution < -0.4 is 0 Å². The maximum Gasteiger partial charge on any atom is 0.272 e. The van der Waals surface area contributed by atoms with Crippen molar-refractivity contribution in [1.29, 1.82) is 0 Å². The molecule has 1 aliphatic rings. The standard InChI is InChI=1S/C14H17N9O2/c1-2-22(7-11-16-13(25-19-11)9-4-3-5-9)14(24)10-6-12(18-17-10)23-8-15-20-21-23/h6,8-9H,2-5,7H2,1H3,(H,17,18). The fourth-order valence-electron chi connectivity index (χ4n) is 2.63. The smallest absolute Gasteiger partial charge is 0.272 e. The second-order valence-corrected chi connectivity index (χ2v) is 5.89. The molecule has 4 rings (SSSR count). The second kappa shape index (κ2) is 6.42. The van der Waals surface area contributed by atoms with Gasteiger partial charge in [0.25, 0.3) is 5.91 Å². The first-order chi connectivity index (χ1) is 12.2. The van der Waals surface area contributed by atoms with Crippen molar-refractivity contribution >= 4 is 5.91 Å². The first kappa shape index (κ1) is 15.4. The summed E-state index contributed by atoms with van der Waals surface area (Å²) >= 11 is 0. The molecule has 1 saturated carbocycles. The molecule has 1 aliphatic carbocycles. The Morgan fingerprint density at radius 2 is 2.36 bits per heavy atom. The molecule has 0 bridgehead atoms. The van der Waals surface area contributed by atoms with E-state index in [1.54, 1.807) is 11.0 Å². The highest BCUT2D eigenvalue weighted by Crippen LogP contribution is 2.35. The first-order valence-electron chi connectivity index (χ1n) is 8.15. The van der Waals surface area contributed by atoms with E-state index in [1.165, 1.54) is 17.4 Å². The maximum absolute atomic E-state index is 12.7. The second-order valence-electron chi connectivity index (χ2n) is 5.89. The average molecular weight is 343 g/mol. The number of hydrogen-bond acceptors (Lipinski definition) is 8. The van der Waals surface area contributed by atoms with Gasteiger partial charge in [-0.1, -0.05) is 11.6 Å². The van der Waals surface area contributed by atoms with Gasteiger partial charge in [0.1, 0.15) is 12.0 Å². The van der Waals surface area contributed by atoms with Crippen molar-refractivity contribution in [2.24, 2.45) is 0 Å². The fourth-order valence-corrected chi connectivity index (χ4v) is 2.63. The van der Waals surface area contributed by atoms with Gasteiger partial charge in [0.2, 0.25) is 5.89 Å². The molecule has 1 amide bonds. The minimum absolute atomic E-state index is 0.204. The summed E-state index contributed by atoms with van der Waals surface area (Å²) in [6.45, 7) is 2.68. The first-order valence-corrected chi connectivity index (χ1v) is 8.15. The summed E-state index contributed by atoms with van der Waals surface area (Å²) in [4.78, 5) is 18.7. The number of nitrogens with zero attached hydrogens (tertiary/aromatic N) is 8. The molecule has 3 heterocycles. The van der Waals surface area contributed by atoms with Gasteiger partial charge in [0, 0.05) is 18.5 Å². The molecule has 130 valence electrons. The lowest BCUT2D eigenvalue weighted by atomic mass is 9.85. The van der Waals surface area contributed by atoms with Crippen LogP contribution >= 0.6 is 0 Å². The molecule has 0 saturated heterocycles. The number of rotatable bonds is 6. The van der Waals surface area contributed by atoms with Gasteiger partial charge in [-0.25, -0.2) is 0 Å². The van der Waals surface area contributed by atoms with E-state index in [1.807, 2.05) is 6.92 Å². The summed E-state index contributed by atoms with van der Waals surface area (Å²) in [5, 5.41) is 21.6. The Kier molecular flexibility index (Phi) is 3.96. The molecular weight excluding hydrogens is 326 g/mol. The number of H-pyrrole nitrogens is 1. The van der Waals surface area contributed by atoms with Gasteiger partial charge in [-0.05, 0) is 30.2 Å². The highest BCUT2D eigenvalue weighted by atomic mass is 16.5. The zero-order valence-electron chi connectivity index (χ0n) is 13.7. The summed E-state index contributed by atoms with van der Waals surface area (Å²) in [7, 11) is 0. The molecule has 3 aromatic heterocycles. The molecule has 0 atom stereocenters. The van der Waals surface area contributed by atoms with E-state index in [0.717, 1.165) is 12.8 Å². The molecule has 0 unspecified atom stereocenters. The molecule has 25 heavy (non-hydrogen) atoms. The van der Waals surface area contributed by atoms with Crippen LogP contribution in [-0.4, -0.2) is 57.9 Å². The summed E-state index contributed by atoms with van der Waals surface area (Å²) in [6, 6.07) is 1.59. The third-order valence-corrected chi connectivity index (χ3v) is 4.32. The largest absolute Gasteiger partial charge is 0.339 e. The minimum atomic E-state index is -0.204. The van der Waals surface area contributed by atoms with Crippen LogP contribution in [0.5, 0.6) is 0 Å². The van der Waals surface area contributed by atoms with Crippen LogP contribution in [0.4, 0.5) is 0 Å². The minimum Gasteiger partial charge on any atom is -0.339 e. The fraction of sp³-hybridized carbons (Fsp3) is 0.500. The molecule has 3 aromatic rings. The quantitative estimate of drug-likeness (QED) is 0.691. The van der Waals surface area contributed by atoms with Gasteiger partial charge < -0.3 is 9.42 Å². The molecule has 11 heteroatoms. The summed E-state index contributed by atoms with van der Waals surface area (Å²) in [5.41, 5.74) is 0.343. The number of nitrogens with one attached hydrogen (secondary N) is 1. The van der Waals surface area contributed by atoms with E-state index in [4.69, 9.17) is 4.52 Å². The third-order valence-electron chi connectivity index (χ3n) is 4.32. The van der Waals surface area contributed by atoms with Crippen LogP contribution in [0.3, 0.4) is 0 Å². The predicted octanol–water partition coefficient (Wildman–Crippen LogP) is 0.698. The monoisotopic (exact) mass is 343 g/mol. The molecule has 0 aliphatic heterocycles. The zero-order chi connectivity index (χ0) is 17.2. The van der Waals surface area contributed by atoms with Crippen molar-refractivity contribution < 1.29 is 9.32 Å². The Bertz CT molecular complexity index is 849. The van der Waals surface area contributed by atoms with Crippen molar-refractivity contribution in [3.63, 3.8) is 0 Å². The Morgan fingerprint density at radius 1 is 1.48 bits per heavy atom. The van der Waals surface area contributed by atoms with Crippen molar-refractivity contribution in [2.45, 2.75) is 38.6 Å². The average Bonchev–Trinajstić information content (AvgIpc) is 3.30. The number of carbonyl (C=O) groups is 1. The lowest BCUT2D eigenvalue weighted by Gasteiger charge is -2.20. The number of aromatic nitrogens is 8. The zero-order valence-corrected chi connectivity index (χ0v) is 13.7. The molecular formula is C14H17N9O2. The van der Waals surface area contributed by atoms with Crippen molar-refractivity contribution in [3.8, 4) is 5.82 Å². The summed E-state index contributed by atoms with van der Waals surface area (Å²) in [5.74, 6) is 1.80. The molecule has 1 N–H and O–H groups in total. The van der Waals surface area contributed by atoms with Crippen molar-refractivity contribution in [2.75, 3.05) is 6.54 Å². The van der Waals surface area contributed by atoms with Gasteiger partial charge in [-0.3, -0.25) is 9.89 Å². The van der Waals surface area contributed by atoms with Crippen molar-refractivity contribution in [1.82, 2.24) is 45.4 Å². The van der Waals surface area contributed by atoms with Crippen LogP contribution in [0.1, 0.15) is 54.3 Å². The van der Waals surface area contributed by atoms with Crippen LogP contribution in [0, 0.1) is 0 Å². The molecule has 0 aromatic carbocycles. The van der Waals surface area contributed by atoms with E-state index in [9.17, 15) is 4.79 Å². The van der Waals surface area contributed by atoms with E-state index in [-0.39, 0.29) is 12.5 Å². The number of aromatic amines is 1. The maximum atomic E-state index is 12.7. The predicted molar refractivity (Wildman–Crippen MR) is 82.6 cm³/mol. The van der Waals surface area contributed by atoms with E-state index in [2.05, 4.69) is 35.9 Å². The van der Waals surface area contributed by atoms with Crippen molar-refractivity contribution in [3.05, 3.63) is 29.8 Å². The molecule has 11 nitrogen and oxygen atoms in total. The lowest BCUT2D eigenvalue weighted by molar-refractivity contribution is 0.0741. The van der Waals surface area contributed by atoms with E-state index in [0.29, 0.717) is 35.7 Å². The van der Waals surface area contributed by atoms with Crippen LogP contribution in [0.15, 0.2) is 16.9 Å². The lowest BCUT2D eigenvalue weighted by Crippen LogP contribution is -2.31. The highest BCUT2D eigenvalue weighted by Gasteiger charge is 2.26. The van der Waals surface area contributed by atoms with E-state index >= 15 is 0 Å². The van der Waals surface area contributed by atoms with E-state index < -0.39 is 0 Å².